The van der Waals surface area contributed by atoms with Crippen LogP contribution >= 0.6 is 11.6 Å². The monoisotopic (exact) mass is 934 g/mol. The van der Waals surface area contributed by atoms with E-state index in [1.807, 2.05) is 59.9 Å². The van der Waals surface area contributed by atoms with Gasteiger partial charge in [0.25, 0.3) is 0 Å². The Hall–Kier alpha value is -4.91. The molecule has 358 valence electrons. The number of carbonyl (C=O) groups excluding carboxylic acids is 5. The number of alkyl halides is 3. The molecule has 0 radical (unpaired) electrons. The summed E-state index contributed by atoms with van der Waals surface area (Å²) in [6.07, 6.45) is 7.15. The number of likely N-dealkylation sites (N-methyl/N-ethyl adjacent to an activating group) is 1. The lowest BCUT2D eigenvalue weighted by molar-refractivity contribution is -0.177. The van der Waals surface area contributed by atoms with E-state index >= 15 is 0 Å². The fraction of sp³-hybridized carbons (Fsp3) is 0.558. The van der Waals surface area contributed by atoms with Crippen molar-refractivity contribution in [1.82, 2.24) is 20.4 Å². The van der Waals surface area contributed by atoms with Gasteiger partial charge in [0.15, 0.2) is 5.60 Å². The van der Waals surface area contributed by atoms with Gasteiger partial charge >= 0.3 is 18.1 Å². The van der Waals surface area contributed by atoms with Crippen LogP contribution < -0.4 is 10.6 Å². The summed E-state index contributed by atoms with van der Waals surface area (Å²) in [5.74, 6) is -5.32. The van der Waals surface area contributed by atoms with Gasteiger partial charge < -0.3 is 25.2 Å². The van der Waals surface area contributed by atoms with Gasteiger partial charge in [-0.15, -0.1) is 0 Å². The summed E-state index contributed by atoms with van der Waals surface area (Å²) in [6.45, 7) is 5.71. The van der Waals surface area contributed by atoms with E-state index in [9.17, 15) is 37.1 Å². The van der Waals surface area contributed by atoms with Crippen molar-refractivity contribution in [2.45, 2.75) is 159 Å². The lowest BCUT2D eigenvalue weighted by atomic mass is 9.78. The van der Waals surface area contributed by atoms with Gasteiger partial charge in [-0.25, -0.2) is 0 Å². The van der Waals surface area contributed by atoms with Gasteiger partial charge in [-0.1, -0.05) is 156 Å². The summed E-state index contributed by atoms with van der Waals surface area (Å²) in [4.78, 5) is 73.3. The molecule has 0 aromatic heterocycles. The second-order valence-corrected chi connectivity index (χ2v) is 19.1. The minimum atomic E-state index is -5.22. The van der Waals surface area contributed by atoms with E-state index in [0.29, 0.717) is 53.6 Å². The molecule has 1 heterocycles. The molecule has 2 saturated carbocycles. The Bertz CT molecular complexity index is 2110. The first-order valence-corrected chi connectivity index (χ1v) is 24.4. The van der Waals surface area contributed by atoms with Crippen LogP contribution in [0.4, 0.5) is 13.2 Å². The molecule has 3 aliphatic rings. The number of nitrogens with one attached hydrogen (secondary N) is 2. The number of esters is 1. The van der Waals surface area contributed by atoms with Crippen LogP contribution in [0.25, 0.3) is 0 Å². The summed E-state index contributed by atoms with van der Waals surface area (Å²) in [6, 6.07) is 21.9. The average Bonchev–Trinajstić information content (AvgIpc) is 4.03. The van der Waals surface area contributed by atoms with Gasteiger partial charge in [0.1, 0.15) is 17.6 Å². The number of carbonyl (C=O) groups is 5. The fourth-order valence-corrected chi connectivity index (χ4v) is 10.7. The largest absolute Gasteiger partial charge is 0.471 e. The molecule has 4 amide bonds. The standard InChI is InChI=1S/C52H66ClF3N4O6/c1-4-60(49(65)50(31-17-18-32-50)58-48(64)52(54,55)56)45(36(2)3)46(62)57-43(47(63)59-33-19-20-34-59)35-44(61)66-51(39-23-13-10-14-24-39,41-25-15-16-26-42(41)53)40-29-27-38(28-30-40)37-21-11-8-6-5-7-9-12-22-37/h10,13-16,23-30,36-37,43,45H,4-9,11-12,17-22,31-35H2,1-3H3,(H,57,62)(H,58,64)/t43-,45-,51?/m0/s1. The van der Waals surface area contributed by atoms with Crippen LogP contribution in [0.3, 0.4) is 0 Å². The molecule has 2 N–H and O–H groups in total. The Kier molecular flexibility index (Phi) is 17.4. The fourth-order valence-electron chi connectivity index (χ4n) is 10.4. The molecule has 3 atom stereocenters. The third-order valence-corrected chi connectivity index (χ3v) is 14.1. The molecular weight excluding hydrogens is 869 g/mol. The molecule has 0 spiro atoms. The van der Waals surface area contributed by atoms with E-state index in [1.165, 1.54) is 42.6 Å². The minimum absolute atomic E-state index is 0.0313. The van der Waals surface area contributed by atoms with Crippen molar-refractivity contribution in [2.24, 2.45) is 5.92 Å². The predicted molar refractivity (Wildman–Crippen MR) is 248 cm³/mol. The van der Waals surface area contributed by atoms with Crippen molar-refractivity contribution in [1.29, 1.82) is 0 Å². The van der Waals surface area contributed by atoms with Gasteiger partial charge in [-0.2, -0.15) is 13.2 Å². The van der Waals surface area contributed by atoms with Crippen molar-refractivity contribution in [3.63, 3.8) is 0 Å². The van der Waals surface area contributed by atoms with Crippen molar-refractivity contribution in [3.8, 4) is 0 Å². The zero-order valence-electron chi connectivity index (χ0n) is 38.6. The highest BCUT2D eigenvalue weighted by Crippen LogP contribution is 2.45. The maximum Gasteiger partial charge on any atom is 0.471 e. The summed E-state index contributed by atoms with van der Waals surface area (Å²) in [5.41, 5.74) is -0.499. The topological polar surface area (TPSA) is 125 Å². The summed E-state index contributed by atoms with van der Waals surface area (Å²) in [7, 11) is 0. The lowest BCUT2D eigenvalue weighted by Crippen LogP contribution is -2.65. The van der Waals surface area contributed by atoms with Crippen LogP contribution in [0.1, 0.15) is 152 Å². The first kappa shape index (κ1) is 50.5. The van der Waals surface area contributed by atoms with Crippen LogP contribution in [0, 0.1) is 5.92 Å². The number of rotatable bonds is 15. The number of nitrogens with zero attached hydrogens (tertiary/aromatic N) is 2. The normalized spacial score (nSPS) is 19.0. The Labute approximate surface area is 392 Å². The van der Waals surface area contributed by atoms with E-state index < -0.39 is 71.3 Å². The van der Waals surface area contributed by atoms with E-state index in [-0.39, 0.29) is 19.4 Å². The first-order chi connectivity index (χ1) is 31.6. The molecule has 14 heteroatoms. The number of ether oxygens (including phenoxy) is 1. The van der Waals surface area contributed by atoms with Crippen LogP contribution in [0.2, 0.25) is 5.02 Å². The SMILES string of the molecule is CCN(C(=O)C1(NC(=O)C(F)(F)F)CCCC1)[C@H](C(=O)N[C@@H](CC(=O)OC(c1ccccc1)(c1ccc(C2CCCCCCCCC2)cc1)c1ccccc1Cl)C(=O)N1CCCC1)C(C)C. The number of benzene rings is 3. The maximum absolute atomic E-state index is 14.9. The van der Waals surface area contributed by atoms with E-state index in [1.54, 1.807) is 37.8 Å². The molecule has 1 unspecified atom stereocenters. The van der Waals surface area contributed by atoms with Crippen LogP contribution in [0.15, 0.2) is 78.9 Å². The number of likely N-dealkylation sites (tertiary alicyclic amines) is 1. The summed E-state index contributed by atoms with van der Waals surface area (Å²) >= 11 is 7.04. The van der Waals surface area contributed by atoms with Crippen LogP contribution in [-0.4, -0.2) is 82.8 Å². The van der Waals surface area contributed by atoms with E-state index in [4.69, 9.17) is 16.3 Å². The molecule has 2 aliphatic carbocycles. The minimum Gasteiger partial charge on any atom is -0.444 e. The van der Waals surface area contributed by atoms with Crippen molar-refractivity contribution < 1.29 is 41.9 Å². The number of hydrogen-bond acceptors (Lipinski definition) is 6. The van der Waals surface area contributed by atoms with Crippen molar-refractivity contribution in [3.05, 3.63) is 106 Å². The molecular formula is C52H66ClF3N4O6. The smallest absolute Gasteiger partial charge is 0.444 e. The predicted octanol–water partition coefficient (Wildman–Crippen LogP) is 10.1. The Morgan fingerprint density at radius 2 is 1.33 bits per heavy atom. The van der Waals surface area contributed by atoms with Gasteiger partial charge in [0, 0.05) is 41.3 Å². The lowest BCUT2D eigenvalue weighted by Gasteiger charge is -2.40. The highest BCUT2D eigenvalue weighted by molar-refractivity contribution is 6.31. The zero-order chi connectivity index (χ0) is 47.5. The third kappa shape index (κ3) is 11.8. The summed E-state index contributed by atoms with van der Waals surface area (Å²) < 4.78 is 47.4. The molecule has 3 aromatic carbocycles. The number of halogens is 4. The van der Waals surface area contributed by atoms with Crippen molar-refractivity contribution >= 4 is 41.2 Å². The second-order valence-electron chi connectivity index (χ2n) is 18.7. The molecule has 1 aliphatic heterocycles. The van der Waals surface area contributed by atoms with Gasteiger partial charge in [-0.3, -0.25) is 24.0 Å². The van der Waals surface area contributed by atoms with Gasteiger partial charge in [-0.05, 0) is 68.9 Å². The van der Waals surface area contributed by atoms with Crippen LogP contribution in [0.5, 0.6) is 0 Å². The molecule has 3 aromatic rings. The molecule has 1 saturated heterocycles. The van der Waals surface area contributed by atoms with Gasteiger partial charge in [0.2, 0.25) is 17.7 Å². The molecule has 10 nitrogen and oxygen atoms in total. The highest BCUT2D eigenvalue weighted by atomic mass is 35.5. The summed E-state index contributed by atoms with van der Waals surface area (Å²) in [5, 5.41) is 5.13. The van der Waals surface area contributed by atoms with E-state index in [2.05, 4.69) is 17.4 Å². The maximum atomic E-state index is 14.9. The average molecular weight is 936 g/mol. The number of hydrogen-bond donors (Lipinski definition) is 2. The molecule has 3 fully saturated rings. The van der Waals surface area contributed by atoms with Crippen molar-refractivity contribution in [2.75, 3.05) is 19.6 Å². The molecule has 6 rings (SSSR count). The highest BCUT2D eigenvalue weighted by Gasteiger charge is 2.52. The van der Waals surface area contributed by atoms with Crippen LogP contribution in [-0.2, 0) is 34.3 Å². The molecule has 66 heavy (non-hydrogen) atoms. The molecule has 0 bridgehead atoms. The quantitative estimate of drug-likeness (QED) is 0.116. The number of amides is 4. The Morgan fingerprint density at radius 3 is 1.89 bits per heavy atom. The zero-order valence-corrected chi connectivity index (χ0v) is 39.4. The first-order valence-electron chi connectivity index (χ1n) is 24.0. The Balaban J connectivity index is 1.35. The third-order valence-electron chi connectivity index (χ3n) is 13.8. The van der Waals surface area contributed by atoms with E-state index in [0.717, 1.165) is 38.5 Å². The second kappa shape index (κ2) is 22.7. The Morgan fingerprint density at radius 1 is 0.773 bits per heavy atom. The van der Waals surface area contributed by atoms with Gasteiger partial charge in [0.05, 0.1) is 6.42 Å².